The van der Waals surface area contributed by atoms with Crippen molar-refractivity contribution in [3.8, 4) is 0 Å². The molecule has 2 aromatic rings. The van der Waals surface area contributed by atoms with Gasteiger partial charge in [0.2, 0.25) is 0 Å². The van der Waals surface area contributed by atoms with Gasteiger partial charge in [-0.05, 0) is 39.3 Å². The number of amides is 1. The number of halogens is 1. The van der Waals surface area contributed by atoms with Gasteiger partial charge in [0.15, 0.2) is 0 Å². The van der Waals surface area contributed by atoms with Crippen molar-refractivity contribution in [2.75, 3.05) is 11.1 Å². The number of nitrogen functional groups attached to an aromatic ring is 1. The van der Waals surface area contributed by atoms with Gasteiger partial charge in [-0.3, -0.25) is 10.1 Å². The fourth-order valence-corrected chi connectivity index (χ4v) is 1.65. The van der Waals surface area contributed by atoms with Crippen LogP contribution >= 0.6 is 15.9 Å². The van der Waals surface area contributed by atoms with Gasteiger partial charge in [0, 0.05) is 10.2 Å². The highest BCUT2D eigenvalue weighted by molar-refractivity contribution is 9.10. The first kappa shape index (κ1) is 11.5. The van der Waals surface area contributed by atoms with Gasteiger partial charge in [0.05, 0.1) is 12.6 Å². The lowest BCUT2D eigenvalue weighted by molar-refractivity contribution is 0.102. The molecule has 3 N–H and O–H groups in total. The van der Waals surface area contributed by atoms with Crippen molar-refractivity contribution in [1.29, 1.82) is 0 Å². The van der Waals surface area contributed by atoms with Crippen LogP contribution in [0.1, 0.15) is 10.4 Å². The van der Waals surface area contributed by atoms with Crippen molar-refractivity contribution in [2.24, 2.45) is 7.05 Å². The molecular formula is C9H9BrN6O. The van der Waals surface area contributed by atoms with E-state index >= 15 is 0 Å². The predicted molar refractivity (Wildman–Crippen MR) is 65.3 cm³/mol. The minimum absolute atomic E-state index is 0.145. The quantitative estimate of drug-likeness (QED) is 0.799. The van der Waals surface area contributed by atoms with Gasteiger partial charge in [-0.2, -0.15) is 4.80 Å². The summed E-state index contributed by atoms with van der Waals surface area (Å²) in [7, 11) is 1.61. The predicted octanol–water partition coefficient (Wildman–Crippen LogP) is 0.807. The lowest BCUT2D eigenvalue weighted by Gasteiger charge is -2.04. The zero-order valence-electron chi connectivity index (χ0n) is 8.88. The molecule has 2 rings (SSSR count). The lowest BCUT2D eigenvalue weighted by Crippen LogP contribution is -2.14. The largest absolute Gasteiger partial charge is 0.399 e. The monoisotopic (exact) mass is 296 g/mol. The molecule has 0 aliphatic carbocycles. The smallest absolute Gasteiger partial charge is 0.270 e. The number of anilines is 2. The number of tetrazole rings is 1. The topological polar surface area (TPSA) is 98.7 Å². The second-order valence-electron chi connectivity index (χ2n) is 3.30. The Balaban J connectivity index is 2.22. The van der Waals surface area contributed by atoms with Gasteiger partial charge >= 0.3 is 0 Å². The first-order valence-electron chi connectivity index (χ1n) is 4.66. The van der Waals surface area contributed by atoms with E-state index in [4.69, 9.17) is 5.73 Å². The minimum Gasteiger partial charge on any atom is -0.399 e. The van der Waals surface area contributed by atoms with Crippen molar-refractivity contribution < 1.29 is 4.79 Å². The molecule has 1 aromatic carbocycles. The SMILES string of the molecule is Cn1nnc(NC(=O)c2cc(N)ccc2Br)n1. The van der Waals surface area contributed by atoms with Crippen LogP contribution in [0.4, 0.5) is 11.6 Å². The number of aromatic nitrogens is 4. The number of benzene rings is 1. The van der Waals surface area contributed by atoms with Gasteiger partial charge in [0.1, 0.15) is 0 Å². The molecule has 0 fully saturated rings. The third-order valence-corrected chi connectivity index (χ3v) is 2.66. The molecule has 0 unspecified atom stereocenters. The molecule has 0 spiro atoms. The van der Waals surface area contributed by atoms with Crippen LogP contribution in [0.3, 0.4) is 0 Å². The van der Waals surface area contributed by atoms with Crippen LogP contribution in [-0.4, -0.2) is 26.1 Å². The Bertz CT molecular complexity index is 566. The number of nitrogens with two attached hydrogens (primary N) is 1. The molecule has 1 amide bonds. The molecule has 0 saturated heterocycles. The standard InChI is InChI=1S/C9H9BrN6O/c1-16-14-9(13-15-16)12-8(17)6-4-5(11)2-3-7(6)10/h2-4H,11H2,1H3,(H,12,14,17). The van der Waals surface area contributed by atoms with E-state index in [0.717, 1.165) is 0 Å². The summed E-state index contributed by atoms with van der Waals surface area (Å²) in [5.74, 6) is -0.205. The van der Waals surface area contributed by atoms with Gasteiger partial charge in [-0.15, -0.1) is 5.10 Å². The van der Waals surface area contributed by atoms with Crippen LogP contribution < -0.4 is 11.1 Å². The summed E-state index contributed by atoms with van der Waals surface area (Å²) >= 11 is 3.27. The van der Waals surface area contributed by atoms with E-state index in [2.05, 4.69) is 36.7 Å². The molecule has 0 aliphatic heterocycles. The molecule has 7 nitrogen and oxygen atoms in total. The molecule has 17 heavy (non-hydrogen) atoms. The number of nitrogens with zero attached hydrogens (tertiary/aromatic N) is 4. The Labute approximate surface area is 105 Å². The number of carbonyl (C=O) groups excluding carboxylic acids is 1. The summed E-state index contributed by atoms with van der Waals surface area (Å²) in [6.45, 7) is 0. The van der Waals surface area contributed by atoms with E-state index in [-0.39, 0.29) is 11.9 Å². The third-order valence-electron chi connectivity index (χ3n) is 1.97. The highest BCUT2D eigenvalue weighted by Gasteiger charge is 2.12. The Morgan fingerprint density at radius 2 is 2.29 bits per heavy atom. The average Bonchev–Trinajstić information content (AvgIpc) is 2.67. The fourth-order valence-electron chi connectivity index (χ4n) is 1.22. The molecule has 88 valence electrons. The maximum atomic E-state index is 11.9. The first-order chi connectivity index (χ1) is 8.06. The maximum Gasteiger partial charge on any atom is 0.270 e. The first-order valence-corrected chi connectivity index (χ1v) is 5.46. The van der Waals surface area contributed by atoms with E-state index in [1.54, 1.807) is 25.2 Å². The average molecular weight is 297 g/mol. The fraction of sp³-hybridized carbons (Fsp3) is 0.111. The van der Waals surface area contributed by atoms with Crippen LogP contribution in [0.2, 0.25) is 0 Å². The van der Waals surface area contributed by atoms with Crippen LogP contribution in [0.25, 0.3) is 0 Å². The molecule has 0 aliphatic rings. The van der Waals surface area contributed by atoms with Gasteiger partial charge < -0.3 is 5.73 Å². The number of rotatable bonds is 2. The van der Waals surface area contributed by atoms with Crippen molar-refractivity contribution in [2.45, 2.75) is 0 Å². The summed E-state index contributed by atoms with van der Waals surface area (Å²) in [5.41, 5.74) is 6.53. The summed E-state index contributed by atoms with van der Waals surface area (Å²) in [6.07, 6.45) is 0. The summed E-state index contributed by atoms with van der Waals surface area (Å²) in [4.78, 5) is 13.1. The third kappa shape index (κ3) is 2.59. The Kier molecular flexibility index (Phi) is 3.05. The summed E-state index contributed by atoms with van der Waals surface area (Å²) in [5, 5.41) is 13.6. The Morgan fingerprint density at radius 1 is 1.53 bits per heavy atom. The number of carbonyl (C=O) groups is 1. The van der Waals surface area contributed by atoms with Crippen molar-refractivity contribution in [3.05, 3.63) is 28.2 Å². The molecule has 8 heteroatoms. The van der Waals surface area contributed by atoms with E-state index in [0.29, 0.717) is 15.7 Å². The number of nitrogens with one attached hydrogen (secondary N) is 1. The number of hydrogen-bond donors (Lipinski definition) is 2. The maximum absolute atomic E-state index is 11.9. The van der Waals surface area contributed by atoms with Crippen molar-refractivity contribution in [3.63, 3.8) is 0 Å². The van der Waals surface area contributed by atoms with Crippen molar-refractivity contribution >= 4 is 33.5 Å². The van der Waals surface area contributed by atoms with E-state index in [1.165, 1.54) is 4.80 Å². The number of hydrogen-bond acceptors (Lipinski definition) is 5. The zero-order valence-corrected chi connectivity index (χ0v) is 10.5. The molecule has 1 heterocycles. The van der Waals surface area contributed by atoms with E-state index in [1.807, 2.05) is 0 Å². The highest BCUT2D eigenvalue weighted by Crippen LogP contribution is 2.20. The summed E-state index contributed by atoms with van der Waals surface area (Å²) in [6, 6.07) is 4.96. The number of aryl methyl sites for hydroxylation is 1. The van der Waals surface area contributed by atoms with E-state index in [9.17, 15) is 4.79 Å². The van der Waals surface area contributed by atoms with Crippen molar-refractivity contribution in [1.82, 2.24) is 20.2 Å². The van der Waals surface area contributed by atoms with Gasteiger partial charge in [-0.1, -0.05) is 5.10 Å². The molecule has 0 radical (unpaired) electrons. The Hall–Kier alpha value is -1.96. The Morgan fingerprint density at radius 3 is 2.94 bits per heavy atom. The highest BCUT2D eigenvalue weighted by atomic mass is 79.9. The van der Waals surface area contributed by atoms with Crippen LogP contribution in [0.15, 0.2) is 22.7 Å². The van der Waals surface area contributed by atoms with Crippen LogP contribution in [-0.2, 0) is 7.05 Å². The van der Waals surface area contributed by atoms with Crippen LogP contribution in [0.5, 0.6) is 0 Å². The minimum atomic E-state index is -0.350. The van der Waals surface area contributed by atoms with Gasteiger partial charge in [0.25, 0.3) is 11.9 Å². The second kappa shape index (κ2) is 4.50. The molecule has 0 atom stereocenters. The second-order valence-corrected chi connectivity index (χ2v) is 4.15. The lowest BCUT2D eigenvalue weighted by atomic mass is 10.2. The molecule has 0 bridgehead atoms. The molecule has 1 aromatic heterocycles. The normalized spacial score (nSPS) is 10.2. The molecular weight excluding hydrogens is 288 g/mol. The van der Waals surface area contributed by atoms with E-state index < -0.39 is 0 Å². The molecule has 0 saturated carbocycles. The van der Waals surface area contributed by atoms with Crippen LogP contribution in [0, 0.1) is 0 Å². The zero-order chi connectivity index (χ0) is 12.4. The van der Waals surface area contributed by atoms with Gasteiger partial charge in [-0.25, -0.2) is 0 Å². The summed E-state index contributed by atoms with van der Waals surface area (Å²) < 4.78 is 0.646.